The van der Waals surface area contributed by atoms with Crippen LogP contribution in [0.5, 0.6) is 5.75 Å². The number of benzene rings is 1. The molecule has 0 bridgehead atoms. The Kier molecular flexibility index (Phi) is 4.65. The highest BCUT2D eigenvalue weighted by Gasteiger charge is 2.19. The topological polar surface area (TPSA) is 84.2 Å². The molecule has 22 heavy (non-hydrogen) atoms. The Bertz CT molecular complexity index is 760. The molecule has 2 N–H and O–H groups in total. The fourth-order valence-electron chi connectivity index (χ4n) is 1.81. The third-order valence-electron chi connectivity index (χ3n) is 2.96. The number of aryl methyl sites for hydroxylation is 1. The SMILES string of the molecule is CCc1ccc(O)c(NS(=O)(=O)c2cnn(CC(F)F)c2)c1. The molecule has 1 aromatic heterocycles. The molecule has 0 fully saturated rings. The largest absolute Gasteiger partial charge is 0.506 e. The second-order valence-electron chi connectivity index (χ2n) is 4.60. The molecule has 1 heterocycles. The van der Waals surface area contributed by atoms with E-state index in [1.807, 2.05) is 6.92 Å². The second-order valence-corrected chi connectivity index (χ2v) is 6.28. The summed E-state index contributed by atoms with van der Waals surface area (Å²) in [4.78, 5) is -0.255. The average Bonchev–Trinajstić information content (AvgIpc) is 2.89. The van der Waals surface area contributed by atoms with E-state index >= 15 is 0 Å². The van der Waals surface area contributed by atoms with Gasteiger partial charge < -0.3 is 5.11 Å². The van der Waals surface area contributed by atoms with E-state index in [2.05, 4.69) is 9.82 Å². The summed E-state index contributed by atoms with van der Waals surface area (Å²) in [6.07, 6.45) is 0.0239. The van der Waals surface area contributed by atoms with Gasteiger partial charge in [0.05, 0.1) is 11.9 Å². The Morgan fingerprint density at radius 2 is 2.14 bits per heavy atom. The van der Waals surface area contributed by atoms with E-state index in [-0.39, 0.29) is 16.3 Å². The molecule has 0 spiro atoms. The minimum atomic E-state index is -4.01. The van der Waals surface area contributed by atoms with Gasteiger partial charge in [-0.05, 0) is 24.1 Å². The van der Waals surface area contributed by atoms with Crippen molar-refractivity contribution < 1.29 is 22.3 Å². The monoisotopic (exact) mass is 331 g/mol. The third-order valence-corrected chi connectivity index (χ3v) is 4.28. The summed E-state index contributed by atoms with van der Waals surface area (Å²) in [5.41, 5.74) is 0.866. The van der Waals surface area contributed by atoms with Crippen LogP contribution in [-0.4, -0.2) is 29.7 Å². The molecule has 0 saturated heterocycles. The summed E-state index contributed by atoms with van der Waals surface area (Å²) < 4.78 is 52.0. The van der Waals surface area contributed by atoms with Crippen LogP contribution in [0.15, 0.2) is 35.5 Å². The predicted molar refractivity (Wildman–Crippen MR) is 76.5 cm³/mol. The summed E-state index contributed by atoms with van der Waals surface area (Å²) in [6.45, 7) is 1.20. The number of nitrogens with zero attached hydrogens (tertiary/aromatic N) is 2. The molecule has 0 unspecified atom stereocenters. The maximum Gasteiger partial charge on any atom is 0.265 e. The Hall–Kier alpha value is -2.16. The van der Waals surface area contributed by atoms with Crippen molar-refractivity contribution >= 4 is 15.7 Å². The van der Waals surface area contributed by atoms with E-state index in [9.17, 15) is 22.3 Å². The number of phenolic OH excluding ortho intramolecular Hbond substituents is 1. The van der Waals surface area contributed by atoms with E-state index in [0.29, 0.717) is 6.42 Å². The molecule has 9 heteroatoms. The molecular formula is C13H15F2N3O3S. The molecule has 120 valence electrons. The van der Waals surface area contributed by atoms with Crippen LogP contribution in [0.3, 0.4) is 0 Å². The highest BCUT2D eigenvalue weighted by molar-refractivity contribution is 7.92. The quantitative estimate of drug-likeness (QED) is 0.795. The average molecular weight is 331 g/mol. The molecule has 0 atom stereocenters. The van der Waals surface area contributed by atoms with Gasteiger partial charge >= 0.3 is 0 Å². The number of alkyl halides is 2. The van der Waals surface area contributed by atoms with Crippen LogP contribution in [0.4, 0.5) is 14.5 Å². The zero-order chi connectivity index (χ0) is 16.3. The molecule has 6 nitrogen and oxygen atoms in total. The van der Waals surface area contributed by atoms with Crippen LogP contribution in [0.2, 0.25) is 0 Å². The van der Waals surface area contributed by atoms with E-state index in [0.717, 1.165) is 22.6 Å². The van der Waals surface area contributed by atoms with Gasteiger partial charge in [0.25, 0.3) is 16.4 Å². The van der Waals surface area contributed by atoms with Crippen molar-refractivity contribution in [2.75, 3.05) is 4.72 Å². The summed E-state index contributed by atoms with van der Waals surface area (Å²) in [7, 11) is -4.01. The van der Waals surface area contributed by atoms with Crippen LogP contribution in [0, 0.1) is 0 Å². The Balaban J connectivity index is 2.26. The minimum absolute atomic E-state index is 0.0287. The van der Waals surface area contributed by atoms with Crippen molar-refractivity contribution in [3.05, 3.63) is 36.2 Å². The van der Waals surface area contributed by atoms with Crippen molar-refractivity contribution in [1.82, 2.24) is 9.78 Å². The van der Waals surface area contributed by atoms with Crippen LogP contribution < -0.4 is 4.72 Å². The van der Waals surface area contributed by atoms with E-state index in [4.69, 9.17) is 0 Å². The minimum Gasteiger partial charge on any atom is -0.506 e. The first-order valence-corrected chi connectivity index (χ1v) is 7.95. The van der Waals surface area contributed by atoms with Gasteiger partial charge in [-0.25, -0.2) is 17.2 Å². The maximum atomic E-state index is 12.3. The molecule has 2 rings (SSSR count). The highest BCUT2D eigenvalue weighted by atomic mass is 32.2. The Morgan fingerprint density at radius 1 is 1.41 bits per heavy atom. The van der Waals surface area contributed by atoms with Gasteiger partial charge in [-0.2, -0.15) is 5.10 Å². The fraction of sp³-hybridized carbons (Fsp3) is 0.308. The number of rotatable bonds is 6. The van der Waals surface area contributed by atoms with Crippen LogP contribution in [0.25, 0.3) is 0 Å². The third kappa shape index (κ3) is 3.73. The van der Waals surface area contributed by atoms with Crippen molar-refractivity contribution in [3.63, 3.8) is 0 Å². The molecule has 0 aliphatic rings. The van der Waals surface area contributed by atoms with E-state index < -0.39 is 23.0 Å². The van der Waals surface area contributed by atoms with Crippen molar-refractivity contribution in [2.45, 2.75) is 31.2 Å². The normalized spacial score (nSPS) is 11.8. The lowest BCUT2D eigenvalue weighted by atomic mass is 10.1. The van der Waals surface area contributed by atoms with E-state index in [1.165, 1.54) is 12.1 Å². The number of nitrogens with one attached hydrogen (secondary N) is 1. The van der Waals surface area contributed by atoms with Crippen LogP contribution in [0.1, 0.15) is 12.5 Å². The molecule has 0 aliphatic heterocycles. The highest BCUT2D eigenvalue weighted by Crippen LogP contribution is 2.27. The lowest BCUT2D eigenvalue weighted by Crippen LogP contribution is -2.13. The molecule has 0 radical (unpaired) electrons. The van der Waals surface area contributed by atoms with Gasteiger partial charge in [-0.3, -0.25) is 9.40 Å². The zero-order valence-corrected chi connectivity index (χ0v) is 12.5. The van der Waals surface area contributed by atoms with Crippen molar-refractivity contribution in [1.29, 1.82) is 0 Å². The van der Waals surface area contributed by atoms with Gasteiger partial charge in [0.2, 0.25) is 0 Å². The number of hydrogen-bond donors (Lipinski definition) is 2. The number of anilines is 1. The second kappa shape index (κ2) is 6.30. The van der Waals surface area contributed by atoms with Crippen molar-refractivity contribution in [3.8, 4) is 5.75 Å². The standard InChI is InChI=1S/C13H15F2N3O3S/c1-2-9-3-4-12(19)11(5-9)17-22(20,21)10-6-16-18(7-10)8-13(14)15/h3-7,13,17,19H,2,8H2,1H3. The first-order chi connectivity index (χ1) is 10.3. The smallest absolute Gasteiger partial charge is 0.265 e. The molecule has 0 aliphatic carbocycles. The van der Waals surface area contributed by atoms with E-state index in [1.54, 1.807) is 6.07 Å². The first-order valence-electron chi connectivity index (χ1n) is 6.47. The summed E-state index contributed by atoms with van der Waals surface area (Å²) in [5, 5.41) is 13.3. The number of hydrogen-bond acceptors (Lipinski definition) is 4. The van der Waals surface area contributed by atoms with Gasteiger partial charge in [-0.1, -0.05) is 13.0 Å². The summed E-state index contributed by atoms with van der Waals surface area (Å²) in [6, 6.07) is 4.57. The number of aromatic nitrogens is 2. The lowest BCUT2D eigenvalue weighted by molar-refractivity contribution is 0.121. The molecule has 2 aromatic rings. The van der Waals surface area contributed by atoms with Gasteiger partial charge in [0.1, 0.15) is 17.2 Å². The van der Waals surface area contributed by atoms with Crippen molar-refractivity contribution in [2.24, 2.45) is 0 Å². The van der Waals surface area contributed by atoms with Gasteiger partial charge in [-0.15, -0.1) is 0 Å². The number of aromatic hydroxyl groups is 1. The number of sulfonamides is 1. The fourth-order valence-corrected chi connectivity index (χ4v) is 2.83. The maximum absolute atomic E-state index is 12.3. The number of phenols is 1. The molecule has 1 aromatic carbocycles. The predicted octanol–water partition coefficient (Wildman–Crippen LogP) is 2.22. The number of halogens is 2. The molecule has 0 saturated carbocycles. The zero-order valence-electron chi connectivity index (χ0n) is 11.7. The van der Waals surface area contributed by atoms with Gasteiger partial charge in [0, 0.05) is 6.20 Å². The Labute approximate surface area is 126 Å². The van der Waals surface area contributed by atoms with Gasteiger partial charge in [0.15, 0.2) is 0 Å². The summed E-state index contributed by atoms with van der Waals surface area (Å²) in [5.74, 6) is -0.222. The lowest BCUT2D eigenvalue weighted by Gasteiger charge is -2.09. The Morgan fingerprint density at radius 3 is 2.77 bits per heavy atom. The molecular weight excluding hydrogens is 316 g/mol. The summed E-state index contributed by atoms with van der Waals surface area (Å²) >= 11 is 0. The van der Waals surface area contributed by atoms with Crippen LogP contribution in [-0.2, 0) is 23.0 Å². The van der Waals surface area contributed by atoms with Crippen LogP contribution >= 0.6 is 0 Å². The first kappa shape index (κ1) is 16.2. The molecule has 0 amide bonds.